The van der Waals surface area contributed by atoms with Crippen LogP contribution in [-0.2, 0) is 20.2 Å². The molecule has 0 aliphatic rings. The summed E-state index contributed by atoms with van der Waals surface area (Å²) >= 11 is 0. The van der Waals surface area contributed by atoms with Crippen LogP contribution < -0.4 is 5.73 Å². The molecule has 0 atom stereocenters. The molecule has 1 rings (SSSR count). The lowest BCUT2D eigenvalue weighted by atomic mass is 10.3. The highest BCUT2D eigenvalue weighted by Gasteiger charge is 2.19. The standard InChI is InChI=1S/C6H6NO6S2/c7-5-2-1-4(14(8,9)10)3-6(5)15(11,12)13/h1-3,7H,(H,8,9,10)(H,11,12,13). The molecule has 0 heterocycles. The third-order valence-electron chi connectivity index (χ3n) is 1.53. The van der Waals surface area contributed by atoms with Crippen LogP contribution in [0.5, 0.6) is 0 Å². The molecule has 0 aliphatic carbocycles. The van der Waals surface area contributed by atoms with Crippen molar-refractivity contribution in [2.75, 3.05) is 0 Å². The topological polar surface area (TPSA) is 133 Å². The number of hydrogen-bond acceptors (Lipinski definition) is 4. The number of benzene rings is 1. The van der Waals surface area contributed by atoms with E-state index in [0.29, 0.717) is 6.07 Å². The zero-order valence-electron chi connectivity index (χ0n) is 7.08. The van der Waals surface area contributed by atoms with Crippen molar-refractivity contribution in [1.29, 1.82) is 0 Å². The number of rotatable bonds is 2. The van der Waals surface area contributed by atoms with Gasteiger partial charge in [0, 0.05) is 0 Å². The fourth-order valence-corrected chi connectivity index (χ4v) is 2.08. The van der Waals surface area contributed by atoms with Crippen LogP contribution in [0.4, 0.5) is 5.69 Å². The summed E-state index contributed by atoms with van der Waals surface area (Å²) in [6.45, 7) is 0. The van der Waals surface area contributed by atoms with Gasteiger partial charge in [-0.1, -0.05) is 0 Å². The van der Waals surface area contributed by atoms with Gasteiger partial charge in [0.2, 0.25) is 0 Å². The predicted octanol–water partition coefficient (Wildman–Crippen LogP) is 0.0944. The van der Waals surface area contributed by atoms with Crippen molar-refractivity contribution in [3.05, 3.63) is 18.2 Å². The van der Waals surface area contributed by atoms with Gasteiger partial charge >= 0.3 is 0 Å². The first-order valence-corrected chi connectivity index (χ1v) is 6.31. The Morgan fingerprint density at radius 1 is 1.00 bits per heavy atom. The third kappa shape index (κ3) is 2.65. The highest BCUT2D eigenvalue weighted by Crippen LogP contribution is 2.22. The summed E-state index contributed by atoms with van der Waals surface area (Å²) in [7, 11) is -9.24. The van der Waals surface area contributed by atoms with Crippen molar-refractivity contribution in [2.45, 2.75) is 9.79 Å². The predicted molar refractivity (Wildman–Crippen MR) is 48.8 cm³/mol. The van der Waals surface area contributed by atoms with Crippen LogP contribution in [0.15, 0.2) is 28.0 Å². The molecular weight excluding hydrogens is 246 g/mol. The normalized spacial score (nSPS) is 12.7. The first kappa shape index (κ1) is 11.9. The number of nitrogens with one attached hydrogen (secondary N) is 1. The van der Waals surface area contributed by atoms with E-state index in [1.54, 1.807) is 0 Å². The van der Waals surface area contributed by atoms with Crippen molar-refractivity contribution in [3.63, 3.8) is 0 Å². The van der Waals surface area contributed by atoms with Crippen LogP contribution in [0, 0.1) is 0 Å². The highest BCUT2D eigenvalue weighted by molar-refractivity contribution is 7.86. The minimum Gasteiger partial charge on any atom is -0.299 e. The Bertz CT molecular complexity index is 588. The van der Waals surface area contributed by atoms with Crippen molar-refractivity contribution >= 4 is 25.9 Å². The summed E-state index contributed by atoms with van der Waals surface area (Å²) in [4.78, 5) is -1.58. The Labute approximate surface area is 86.0 Å². The first-order valence-electron chi connectivity index (χ1n) is 3.43. The van der Waals surface area contributed by atoms with Gasteiger partial charge in [-0.25, -0.2) is 0 Å². The van der Waals surface area contributed by atoms with Gasteiger partial charge in [-0.15, -0.1) is 0 Å². The quantitative estimate of drug-likeness (QED) is 0.717. The fourth-order valence-electron chi connectivity index (χ4n) is 0.877. The van der Waals surface area contributed by atoms with Gasteiger partial charge in [0.05, 0.1) is 10.6 Å². The average molecular weight is 252 g/mol. The minimum absolute atomic E-state index is 0.507. The van der Waals surface area contributed by atoms with Gasteiger partial charge in [0.15, 0.2) is 0 Å². The van der Waals surface area contributed by atoms with Crippen LogP contribution in [0.1, 0.15) is 0 Å². The van der Waals surface area contributed by atoms with Crippen LogP contribution in [0.3, 0.4) is 0 Å². The molecule has 3 N–H and O–H groups in total. The van der Waals surface area contributed by atoms with E-state index in [4.69, 9.17) is 14.8 Å². The highest BCUT2D eigenvalue weighted by atomic mass is 32.2. The largest absolute Gasteiger partial charge is 0.299 e. The molecule has 1 aromatic rings. The lowest BCUT2D eigenvalue weighted by Crippen LogP contribution is -2.04. The van der Waals surface area contributed by atoms with E-state index in [9.17, 15) is 16.8 Å². The summed E-state index contributed by atoms with van der Waals surface area (Å²) in [5.74, 6) is 0. The summed E-state index contributed by atoms with van der Waals surface area (Å²) in [6, 6.07) is 2.20. The maximum absolute atomic E-state index is 10.7. The Morgan fingerprint density at radius 3 is 1.93 bits per heavy atom. The van der Waals surface area contributed by atoms with Gasteiger partial charge in [0.1, 0.15) is 4.90 Å². The Morgan fingerprint density at radius 2 is 1.53 bits per heavy atom. The molecule has 0 unspecified atom stereocenters. The Balaban J connectivity index is 3.57. The van der Waals surface area contributed by atoms with E-state index in [1.807, 2.05) is 0 Å². The summed E-state index contributed by atoms with van der Waals surface area (Å²) < 4.78 is 59.9. The monoisotopic (exact) mass is 252 g/mol. The van der Waals surface area contributed by atoms with Crippen molar-refractivity contribution < 1.29 is 25.9 Å². The molecule has 0 bridgehead atoms. The molecule has 0 saturated heterocycles. The van der Waals surface area contributed by atoms with E-state index in [1.165, 1.54) is 0 Å². The van der Waals surface area contributed by atoms with Gasteiger partial charge in [-0.2, -0.15) is 16.8 Å². The molecule has 0 saturated carbocycles. The molecule has 83 valence electrons. The second-order valence-electron chi connectivity index (χ2n) is 2.61. The molecule has 1 radical (unpaired) electrons. The van der Waals surface area contributed by atoms with E-state index in [2.05, 4.69) is 0 Å². The van der Waals surface area contributed by atoms with E-state index in [0.717, 1.165) is 12.1 Å². The average Bonchev–Trinajstić information content (AvgIpc) is 2.00. The smallest absolute Gasteiger partial charge is 0.296 e. The molecular formula is C6H6NO6S2. The zero-order chi connectivity index (χ0) is 11.9. The van der Waals surface area contributed by atoms with Crippen LogP contribution in [0.25, 0.3) is 0 Å². The van der Waals surface area contributed by atoms with Gasteiger partial charge in [-0.3, -0.25) is 14.8 Å². The molecule has 7 nitrogen and oxygen atoms in total. The Kier molecular flexibility index (Phi) is 2.74. The van der Waals surface area contributed by atoms with Gasteiger partial charge < -0.3 is 0 Å². The lowest BCUT2D eigenvalue weighted by molar-refractivity contribution is 0.481. The summed E-state index contributed by atoms with van der Waals surface area (Å²) in [5, 5.41) is 0. The zero-order valence-corrected chi connectivity index (χ0v) is 8.71. The molecule has 0 fully saturated rings. The second-order valence-corrected chi connectivity index (χ2v) is 5.42. The number of hydrogen-bond donors (Lipinski definition) is 2. The first-order chi connectivity index (χ1) is 6.62. The fraction of sp³-hybridized carbons (Fsp3) is 0. The van der Waals surface area contributed by atoms with Crippen LogP contribution in [-0.4, -0.2) is 25.9 Å². The van der Waals surface area contributed by atoms with Crippen LogP contribution in [0.2, 0.25) is 0 Å². The maximum Gasteiger partial charge on any atom is 0.296 e. The van der Waals surface area contributed by atoms with Crippen LogP contribution >= 0.6 is 0 Å². The van der Waals surface area contributed by atoms with Gasteiger partial charge in [0.25, 0.3) is 20.2 Å². The third-order valence-corrected chi connectivity index (χ3v) is 3.27. The van der Waals surface area contributed by atoms with E-state index >= 15 is 0 Å². The molecule has 15 heavy (non-hydrogen) atoms. The van der Waals surface area contributed by atoms with E-state index in [-0.39, 0.29) is 0 Å². The molecule has 0 amide bonds. The maximum atomic E-state index is 10.7. The lowest BCUT2D eigenvalue weighted by Gasteiger charge is -2.02. The van der Waals surface area contributed by atoms with Crippen molar-refractivity contribution in [1.82, 2.24) is 5.73 Å². The summed E-state index contributed by atoms with van der Waals surface area (Å²) in [6.07, 6.45) is 0. The van der Waals surface area contributed by atoms with Gasteiger partial charge in [-0.05, 0) is 18.2 Å². The van der Waals surface area contributed by atoms with Crippen molar-refractivity contribution in [2.24, 2.45) is 0 Å². The molecule has 9 heteroatoms. The Hall–Kier alpha value is -1.16. The molecule has 0 aromatic heterocycles. The summed E-state index contributed by atoms with van der Waals surface area (Å²) in [5.41, 5.74) is 6.55. The molecule has 0 aliphatic heterocycles. The minimum atomic E-state index is -4.68. The van der Waals surface area contributed by atoms with Crippen molar-refractivity contribution in [3.8, 4) is 0 Å². The SMILES string of the molecule is [NH]c1ccc(S(=O)(=O)O)cc1S(=O)(=O)O. The molecule has 0 spiro atoms. The molecule has 1 aromatic carbocycles. The second kappa shape index (κ2) is 3.45. The van der Waals surface area contributed by atoms with E-state index < -0.39 is 35.7 Å².